The van der Waals surface area contributed by atoms with E-state index < -0.39 is 0 Å². The largest absolute Gasteiger partial charge is 0.497 e. The van der Waals surface area contributed by atoms with Crippen molar-refractivity contribution < 1.29 is 23.7 Å². The van der Waals surface area contributed by atoms with E-state index in [1.54, 1.807) is 7.11 Å². The average Bonchev–Trinajstić information content (AvgIpc) is 3.35. The Labute approximate surface area is 171 Å². The molecule has 2 heterocycles. The predicted octanol–water partition coefficient (Wildman–Crippen LogP) is 2.98. The Morgan fingerprint density at radius 3 is 2.59 bits per heavy atom. The van der Waals surface area contributed by atoms with Gasteiger partial charge in [-0.05, 0) is 67.6 Å². The van der Waals surface area contributed by atoms with Crippen molar-refractivity contribution in [1.29, 1.82) is 0 Å². The van der Waals surface area contributed by atoms with Crippen LogP contribution in [0.3, 0.4) is 0 Å². The molecule has 6 nitrogen and oxygen atoms in total. The van der Waals surface area contributed by atoms with Gasteiger partial charge in [0.25, 0.3) is 0 Å². The van der Waals surface area contributed by atoms with E-state index in [4.69, 9.17) is 18.9 Å². The molecule has 0 bridgehead atoms. The average molecular weight is 397 g/mol. The van der Waals surface area contributed by atoms with Gasteiger partial charge in [-0.15, -0.1) is 0 Å². The van der Waals surface area contributed by atoms with E-state index in [9.17, 15) is 4.79 Å². The zero-order chi connectivity index (χ0) is 20.2. The van der Waals surface area contributed by atoms with E-state index >= 15 is 0 Å². The van der Waals surface area contributed by atoms with Crippen LogP contribution in [0.1, 0.15) is 18.1 Å². The summed E-state index contributed by atoms with van der Waals surface area (Å²) in [6.45, 7) is 3.28. The summed E-state index contributed by atoms with van der Waals surface area (Å²) in [6, 6.07) is 14.0. The molecule has 4 rings (SSSR count). The van der Waals surface area contributed by atoms with E-state index in [0.717, 1.165) is 42.2 Å². The lowest BCUT2D eigenvalue weighted by molar-refractivity contribution is -0.149. The van der Waals surface area contributed by atoms with Crippen LogP contribution in [0.25, 0.3) is 0 Å². The van der Waals surface area contributed by atoms with E-state index in [2.05, 4.69) is 5.32 Å². The lowest BCUT2D eigenvalue weighted by atomic mass is 9.84. The SMILES string of the molecule is CCOC(=O)C1C(Cc2ccc3c(c2)OCO3)CNC1Cc1ccc(OC)cc1. The highest BCUT2D eigenvalue weighted by Gasteiger charge is 2.41. The Morgan fingerprint density at radius 2 is 1.83 bits per heavy atom. The molecule has 29 heavy (non-hydrogen) atoms. The molecule has 0 aliphatic carbocycles. The molecule has 2 aliphatic heterocycles. The third kappa shape index (κ3) is 4.32. The lowest BCUT2D eigenvalue weighted by Gasteiger charge is -2.23. The van der Waals surface area contributed by atoms with Gasteiger partial charge in [-0.1, -0.05) is 18.2 Å². The first-order valence-electron chi connectivity index (χ1n) is 10.1. The van der Waals surface area contributed by atoms with Gasteiger partial charge in [-0.2, -0.15) is 0 Å². The molecule has 0 saturated carbocycles. The van der Waals surface area contributed by atoms with Crippen molar-refractivity contribution in [2.45, 2.75) is 25.8 Å². The maximum Gasteiger partial charge on any atom is 0.310 e. The van der Waals surface area contributed by atoms with Crippen molar-refractivity contribution in [2.24, 2.45) is 11.8 Å². The smallest absolute Gasteiger partial charge is 0.310 e. The number of nitrogens with one attached hydrogen (secondary N) is 1. The third-order valence-electron chi connectivity index (χ3n) is 5.69. The molecule has 2 aromatic rings. The maximum atomic E-state index is 12.8. The molecule has 1 saturated heterocycles. The summed E-state index contributed by atoms with van der Waals surface area (Å²) in [7, 11) is 1.66. The molecule has 3 unspecified atom stereocenters. The van der Waals surface area contributed by atoms with Crippen molar-refractivity contribution in [2.75, 3.05) is 27.1 Å². The Balaban J connectivity index is 1.49. The van der Waals surface area contributed by atoms with Crippen LogP contribution in [0.4, 0.5) is 0 Å². The number of benzene rings is 2. The standard InChI is InChI=1S/C23H27NO5/c1-3-27-23(25)22-17(10-16-6-9-20-21(12-16)29-14-28-20)13-24-19(22)11-15-4-7-18(26-2)8-5-15/h4-9,12,17,19,22,24H,3,10-11,13-14H2,1-2H3. The lowest BCUT2D eigenvalue weighted by Crippen LogP contribution is -2.36. The maximum absolute atomic E-state index is 12.8. The molecular formula is C23H27NO5. The molecule has 0 aromatic heterocycles. The quantitative estimate of drug-likeness (QED) is 0.725. The summed E-state index contributed by atoms with van der Waals surface area (Å²) in [5, 5.41) is 3.56. The first-order valence-corrected chi connectivity index (χ1v) is 10.1. The molecular weight excluding hydrogens is 370 g/mol. The summed E-state index contributed by atoms with van der Waals surface area (Å²) < 4.78 is 21.6. The highest BCUT2D eigenvalue weighted by atomic mass is 16.7. The van der Waals surface area contributed by atoms with Gasteiger partial charge < -0.3 is 24.3 Å². The van der Waals surface area contributed by atoms with E-state index in [1.165, 1.54) is 5.56 Å². The number of hydrogen-bond acceptors (Lipinski definition) is 6. The Bertz CT molecular complexity index is 851. The van der Waals surface area contributed by atoms with Gasteiger partial charge in [0.2, 0.25) is 6.79 Å². The van der Waals surface area contributed by atoms with Crippen LogP contribution >= 0.6 is 0 Å². The minimum absolute atomic E-state index is 0.0430. The highest BCUT2D eigenvalue weighted by Crippen LogP contribution is 2.35. The number of rotatable bonds is 7. The van der Waals surface area contributed by atoms with E-state index in [-0.39, 0.29) is 30.6 Å². The second-order valence-corrected chi connectivity index (χ2v) is 7.50. The van der Waals surface area contributed by atoms with Crippen LogP contribution in [0.15, 0.2) is 42.5 Å². The van der Waals surface area contributed by atoms with Crippen molar-refractivity contribution in [1.82, 2.24) is 5.32 Å². The third-order valence-corrected chi connectivity index (χ3v) is 5.69. The second-order valence-electron chi connectivity index (χ2n) is 7.50. The van der Waals surface area contributed by atoms with Crippen molar-refractivity contribution in [3.8, 4) is 17.2 Å². The van der Waals surface area contributed by atoms with Crippen molar-refractivity contribution in [3.05, 3.63) is 53.6 Å². The summed E-state index contributed by atoms with van der Waals surface area (Å²) in [5.74, 6) is 2.23. The zero-order valence-electron chi connectivity index (χ0n) is 16.9. The van der Waals surface area contributed by atoms with Gasteiger partial charge in [0.1, 0.15) is 5.75 Å². The summed E-state index contributed by atoms with van der Waals surface area (Å²) in [6.07, 6.45) is 1.55. The fourth-order valence-corrected chi connectivity index (χ4v) is 4.26. The van der Waals surface area contributed by atoms with Crippen molar-refractivity contribution in [3.63, 3.8) is 0 Å². The Hall–Kier alpha value is -2.73. The zero-order valence-corrected chi connectivity index (χ0v) is 16.9. The molecule has 0 amide bonds. The molecule has 0 radical (unpaired) electrons. The van der Waals surface area contributed by atoms with Gasteiger partial charge >= 0.3 is 5.97 Å². The van der Waals surface area contributed by atoms with Crippen LogP contribution in [0.5, 0.6) is 17.2 Å². The first kappa shape index (κ1) is 19.6. The molecule has 0 spiro atoms. The van der Waals surface area contributed by atoms with Crippen molar-refractivity contribution >= 4 is 5.97 Å². The first-order chi connectivity index (χ1) is 14.2. The number of methoxy groups -OCH3 is 1. The fourth-order valence-electron chi connectivity index (χ4n) is 4.26. The molecule has 3 atom stereocenters. The summed E-state index contributed by atoms with van der Waals surface area (Å²) in [5.41, 5.74) is 2.31. The van der Waals surface area contributed by atoms with Crippen LogP contribution in [-0.4, -0.2) is 39.1 Å². The number of ether oxygens (including phenoxy) is 4. The Morgan fingerprint density at radius 1 is 1.07 bits per heavy atom. The van der Waals surface area contributed by atoms with Gasteiger partial charge in [0.05, 0.1) is 19.6 Å². The molecule has 1 N–H and O–H groups in total. The van der Waals surface area contributed by atoms with Gasteiger partial charge in [0, 0.05) is 6.04 Å². The normalized spacial score (nSPS) is 22.5. The van der Waals surface area contributed by atoms with Crippen LogP contribution in [-0.2, 0) is 22.4 Å². The summed E-state index contributed by atoms with van der Waals surface area (Å²) in [4.78, 5) is 12.8. The molecule has 2 aliphatic rings. The number of carbonyl (C=O) groups is 1. The highest BCUT2D eigenvalue weighted by molar-refractivity contribution is 5.74. The minimum Gasteiger partial charge on any atom is -0.497 e. The number of esters is 1. The predicted molar refractivity (Wildman–Crippen MR) is 108 cm³/mol. The second kappa shape index (κ2) is 8.74. The molecule has 1 fully saturated rings. The number of carbonyl (C=O) groups excluding carboxylic acids is 1. The van der Waals surface area contributed by atoms with Crippen LogP contribution in [0.2, 0.25) is 0 Å². The number of hydrogen-bond donors (Lipinski definition) is 1. The molecule has 154 valence electrons. The monoisotopic (exact) mass is 397 g/mol. The van der Waals surface area contributed by atoms with Crippen LogP contribution in [0, 0.1) is 11.8 Å². The van der Waals surface area contributed by atoms with E-state index in [0.29, 0.717) is 6.61 Å². The molecule has 6 heteroatoms. The van der Waals surface area contributed by atoms with Gasteiger partial charge in [0.15, 0.2) is 11.5 Å². The number of fused-ring (bicyclic) bond motifs is 1. The van der Waals surface area contributed by atoms with E-state index in [1.807, 2.05) is 49.4 Å². The molecule has 2 aromatic carbocycles. The van der Waals surface area contributed by atoms with Gasteiger partial charge in [-0.3, -0.25) is 4.79 Å². The van der Waals surface area contributed by atoms with Gasteiger partial charge in [-0.25, -0.2) is 0 Å². The Kier molecular flexibility index (Phi) is 5.90. The fraction of sp³-hybridized carbons (Fsp3) is 0.435. The summed E-state index contributed by atoms with van der Waals surface area (Å²) >= 11 is 0. The topological polar surface area (TPSA) is 66.0 Å². The minimum atomic E-state index is -0.192. The van der Waals surface area contributed by atoms with Crippen LogP contribution < -0.4 is 19.5 Å².